The molecule has 1 heterocycles. The maximum Gasteiger partial charge on any atom is 0.0589 e. The van der Waals surface area contributed by atoms with Gasteiger partial charge in [-0.1, -0.05) is 0 Å². The van der Waals surface area contributed by atoms with Crippen LogP contribution in [0.25, 0.3) is 0 Å². The minimum atomic E-state index is 0.746. The highest BCUT2D eigenvalue weighted by atomic mass is 16.5. The van der Waals surface area contributed by atoms with E-state index in [-0.39, 0.29) is 0 Å². The van der Waals surface area contributed by atoms with Gasteiger partial charge in [-0.15, -0.1) is 0 Å². The van der Waals surface area contributed by atoms with E-state index in [0.717, 1.165) is 31.2 Å². The van der Waals surface area contributed by atoms with Gasteiger partial charge in [-0.3, -0.25) is 0 Å². The molecule has 0 aromatic heterocycles. The molecule has 0 aromatic carbocycles. The standard InChI is InChI=1S/C13H26N2O/c1-11(12-3-4-12)14-13-5-7-15(8-6-13)9-10-16-2/h11-14H,3-10H2,1-2H3. The summed E-state index contributed by atoms with van der Waals surface area (Å²) in [6.07, 6.45) is 5.50. The Bertz CT molecular complexity index is 198. The molecule has 1 aliphatic carbocycles. The van der Waals surface area contributed by atoms with E-state index in [2.05, 4.69) is 17.1 Å². The zero-order chi connectivity index (χ0) is 11.4. The van der Waals surface area contributed by atoms with Crippen LogP contribution in [-0.2, 0) is 4.74 Å². The molecule has 0 aromatic rings. The van der Waals surface area contributed by atoms with Gasteiger partial charge in [0.15, 0.2) is 0 Å². The monoisotopic (exact) mass is 226 g/mol. The average molecular weight is 226 g/mol. The van der Waals surface area contributed by atoms with Crippen molar-refractivity contribution in [1.29, 1.82) is 0 Å². The molecule has 0 amide bonds. The van der Waals surface area contributed by atoms with Crippen LogP contribution in [0.5, 0.6) is 0 Å². The number of rotatable bonds is 6. The highest BCUT2D eigenvalue weighted by Gasteiger charge is 2.30. The van der Waals surface area contributed by atoms with Crippen molar-refractivity contribution in [3.05, 3.63) is 0 Å². The van der Waals surface area contributed by atoms with Crippen molar-refractivity contribution in [2.45, 2.75) is 44.7 Å². The van der Waals surface area contributed by atoms with E-state index < -0.39 is 0 Å². The number of nitrogens with zero attached hydrogens (tertiary/aromatic N) is 1. The lowest BCUT2D eigenvalue weighted by molar-refractivity contribution is 0.124. The van der Waals surface area contributed by atoms with Crippen LogP contribution >= 0.6 is 0 Å². The van der Waals surface area contributed by atoms with E-state index in [0.29, 0.717) is 0 Å². The van der Waals surface area contributed by atoms with Crippen LogP contribution < -0.4 is 5.32 Å². The predicted octanol–water partition coefficient (Wildman–Crippen LogP) is 1.49. The van der Waals surface area contributed by atoms with Crippen molar-refractivity contribution in [2.24, 2.45) is 5.92 Å². The largest absolute Gasteiger partial charge is 0.383 e. The second-order valence-corrected chi connectivity index (χ2v) is 5.40. The molecule has 3 nitrogen and oxygen atoms in total. The molecule has 94 valence electrons. The van der Waals surface area contributed by atoms with Crippen molar-refractivity contribution in [1.82, 2.24) is 10.2 Å². The van der Waals surface area contributed by atoms with Crippen LogP contribution in [0.4, 0.5) is 0 Å². The molecule has 1 unspecified atom stereocenters. The first-order valence-corrected chi connectivity index (χ1v) is 6.77. The molecule has 1 aliphatic heterocycles. The SMILES string of the molecule is COCCN1CCC(NC(C)C2CC2)CC1. The minimum Gasteiger partial charge on any atom is -0.383 e. The lowest BCUT2D eigenvalue weighted by atomic mass is 10.0. The Kier molecular flexibility index (Phi) is 4.62. The summed E-state index contributed by atoms with van der Waals surface area (Å²) >= 11 is 0. The normalized spacial score (nSPS) is 25.9. The van der Waals surface area contributed by atoms with Crippen LogP contribution in [0.15, 0.2) is 0 Å². The predicted molar refractivity (Wildman–Crippen MR) is 66.7 cm³/mol. The van der Waals surface area contributed by atoms with Crippen LogP contribution in [0.3, 0.4) is 0 Å². The van der Waals surface area contributed by atoms with Crippen molar-refractivity contribution in [2.75, 3.05) is 33.4 Å². The van der Waals surface area contributed by atoms with Gasteiger partial charge in [-0.25, -0.2) is 0 Å². The number of likely N-dealkylation sites (tertiary alicyclic amines) is 1. The Morgan fingerprint density at radius 3 is 2.50 bits per heavy atom. The average Bonchev–Trinajstić information content (AvgIpc) is 3.12. The van der Waals surface area contributed by atoms with Gasteiger partial charge in [0, 0.05) is 25.7 Å². The molecule has 1 saturated heterocycles. The Labute approximate surface area is 99.5 Å². The third-order valence-electron chi connectivity index (χ3n) is 4.03. The molecule has 1 N–H and O–H groups in total. The Morgan fingerprint density at radius 1 is 1.25 bits per heavy atom. The van der Waals surface area contributed by atoms with Crippen LogP contribution in [0, 0.1) is 5.92 Å². The summed E-state index contributed by atoms with van der Waals surface area (Å²) in [5, 5.41) is 3.80. The smallest absolute Gasteiger partial charge is 0.0589 e. The fourth-order valence-corrected chi connectivity index (χ4v) is 2.65. The summed E-state index contributed by atoms with van der Waals surface area (Å²) in [6, 6.07) is 1.50. The third-order valence-corrected chi connectivity index (χ3v) is 4.03. The van der Waals surface area contributed by atoms with Gasteiger partial charge in [0.05, 0.1) is 6.61 Å². The summed E-state index contributed by atoms with van der Waals surface area (Å²) in [7, 11) is 1.78. The third kappa shape index (κ3) is 3.72. The van der Waals surface area contributed by atoms with Crippen LogP contribution in [0.1, 0.15) is 32.6 Å². The Hall–Kier alpha value is -0.120. The number of hydrogen-bond acceptors (Lipinski definition) is 3. The molecule has 1 atom stereocenters. The highest BCUT2D eigenvalue weighted by molar-refractivity contribution is 4.87. The summed E-state index contributed by atoms with van der Waals surface area (Å²) in [6.45, 7) is 6.80. The number of piperidine rings is 1. The lowest BCUT2D eigenvalue weighted by Gasteiger charge is -2.33. The maximum atomic E-state index is 5.12. The molecule has 0 bridgehead atoms. The van der Waals surface area contributed by atoms with Gasteiger partial charge in [0.1, 0.15) is 0 Å². The van der Waals surface area contributed by atoms with E-state index in [1.165, 1.54) is 38.8 Å². The minimum absolute atomic E-state index is 0.746. The molecule has 1 saturated carbocycles. The van der Waals surface area contributed by atoms with Gasteiger partial charge in [-0.05, 0) is 51.6 Å². The molecule has 3 heteroatoms. The maximum absolute atomic E-state index is 5.12. The number of nitrogens with one attached hydrogen (secondary N) is 1. The molecule has 2 rings (SSSR count). The van der Waals surface area contributed by atoms with Gasteiger partial charge >= 0.3 is 0 Å². The van der Waals surface area contributed by atoms with Gasteiger partial charge in [0.25, 0.3) is 0 Å². The molecule has 2 aliphatic rings. The Balaban J connectivity index is 1.60. The number of hydrogen-bond donors (Lipinski definition) is 1. The second-order valence-electron chi connectivity index (χ2n) is 5.40. The van der Waals surface area contributed by atoms with Crippen molar-refractivity contribution >= 4 is 0 Å². The molecule has 0 spiro atoms. The quantitative estimate of drug-likeness (QED) is 0.742. The first kappa shape index (κ1) is 12.3. The zero-order valence-corrected chi connectivity index (χ0v) is 10.7. The molecular weight excluding hydrogens is 200 g/mol. The van der Waals surface area contributed by atoms with Gasteiger partial charge in [0.2, 0.25) is 0 Å². The first-order chi connectivity index (χ1) is 7.79. The second kappa shape index (κ2) is 5.99. The van der Waals surface area contributed by atoms with Gasteiger partial charge in [-0.2, -0.15) is 0 Å². The van der Waals surface area contributed by atoms with Crippen molar-refractivity contribution in [3.8, 4) is 0 Å². The summed E-state index contributed by atoms with van der Waals surface area (Å²) in [4.78, 5) is 2.52. The first-order valence-electron chi connectivity index (χ1n) is 6.77. The van der Waals surface area contributed by atoms with Gasteiger partial charge < -0.3 is 15.0 Å². The lowest BCUT2D eigenvalue weighted by Crippen LogP contribution is -2.46. The fraction of sp³-hybridized carbons (Fsp3) is 1.00. The van der Waals surface area contributed by atoms with E-state index >= 15 is 0 Å². The zero-order valence-electron chi connectivity index (χ0n) is 10.7. The van der Waals surface area contributed by atoms with E-state index in [1.807, 2.05) is 0 Å². The van der Waals surface area contributed by atoms with Crippen LogP contribution in [-0.4, -0.2) is 50.3 Å². The summed E-state index contributed by atoms with van der Waals surface area (Å²) in [5.74, 6) is 0.978. The number of methoxy groups -OCH3 is 1. The molecule has 0 radical (unpaired) electrons. The van der Waals surface area contributed by atoms with Crippen molar-refractivity contribution < 1.29 is 4.74 Å². The van der Waals surface area contributed by atoms with E-state index in [9.17, 15) is 0 Å². The van der Waals surface area contributed by atoms with E-state index in [1.54, 1.807) is 7.11 Å². The fourth-order valence-electron chi connectivity index (χ4n) is 2.65. The molecule has 2 fully saturated rings. The summed E-state index contributed by atoms with van der Waals surface area (Å²) < 4.78 is 5.12. The Morgan fingerprint density at radius 2 is 1.94 bits per heavy atom. The highest BCUT2D eigenvalue weighted by Crippen LogP contribution is 2.32. The molecular formula is C13H26N2O. The van der Waals surface area contributed by atoms with Crippen LogP contribution in [0.2, 0.25) is 0 Å². The summed E-state index contributed by atoms with van der Waals surface area (Å²) in [5.41, 5.74) is 0. The van der Waals surface area contributed by atoms with Crippen molar-refractivity contribution in [3.63, 3.8) is 0 Å². The number of ether oxygens (including phenoxy) is 1. The van der Waals surface area contributed by atoms with E-state index in [4.69, 9.17) is 4.74 Å². The topological polar surface area (TPSA) is 24.5 Å². The molecule has 16 heavy (non-hydrogen) atoms.